The zero-order valence-corrected chi connectivity index (χ0v) is 25.6. The van der Waals surface area contributed by atoms with E-state index in [0.717, 1.165) is 38.5 Å². The minimum atomic E-state index is -0.785. The van der Waals surface area contributed by atoms with Gasteiger partial charge >= 0.3 is 11.8 Å². The fourth-order valence-electron chi connectivity index (χ4n) is 10.3. The summed E-state index contributed by atoms with van der Waals surface area (Å²) in [6.45, 7) is 11.2. The summed E-state index contributed by atoms with van der Waals surface area (Å²) in [6.07, 6.45) is 11.2. The van der Waals surface area contributed by atoms with Gasteiger partial charge in [-0.2, -0.15) is 0 Å². The van der Waals surface area contributed by atoms with Crippen LogP contribution >= 0.6 is 0 Å². The van der Waals surface area contributed by atoms with Gasteiger partial charge in [0, 0.05) is 12.0 Å². The number of allylic oxidation sites excluding steroid dienone is 2. The van der Waals surface area contributed by atoms with Crippen LogP contribution in [0.2, 0.25) is 0 Å². The van der Waals surface area contributed by atoms with Crippen molar-refractivity contribution in [2.45, 2.75) is 105 Å². The summed E-state index contributed by atoms with van der Waals surface area (Å²) in [4.78, 5) is 45.8. The van der Waals surface area contributed by atoms with E-state index in [1.165, 1.54) is 18.4 Å². The topological polar surface area (TPSA) is 150 Å². The Kier molecular flexibility index (Phi) is 8.14. The average Bonchev–Trinajstić information content (AvgIpc) is 3.25. The first-order chi connectivity index (χ1) is 19.7. The van der Waals surface area contributed by atoms with Gasteiger partial charge in [-0.05, 0) is 111 Å². The van der Waals surface area contributed by atoms with Crippen LogP contribution in [-0.4, -0.2) is 29.4 Å². The highest BCUT2D eigenvalue weighted by molar-refractivity contribution is 5.95. The summed E-state index contributed by atoms with van der Waals surface area (Å²) in [5.41, 5.74) is 7.99. The Morgan fingerprint density at radius 2 is 1.74 bits per heavy atom. The molecule has 4 saturated carbocycles. The smallest absolute Gasteiger partial charge is 0.481 e. The normalized spacial score (nSPS) is 42.4. The highest BCUT2D eigenvalue weighted by Crippen LogP contribution is 2.69. The van der Waals surface area contributed by atoms with Gasteiger partial charge in [0.15, 0.2) is 23.9 Å². The zero-order valence-electron chi connectivity index (χ0n) is 25.6. The standard InChI is InChI=1S/C27H41NO3.C6H6O5/c1-15-18-7-11-27(4)19-6-10-25(2)9-5-16(24(30)31)13-20(25)17(19)14-22(29)23(27)26(18,3)12-8-21(15)28;1-4-5(2-9-3-7)11-6(8)10-4/h14-16,18-21,23H,5-13,28H2,1-4H3,(H,30,31);3H,2H2,1H3. The van der Waals surface area contributed by atoms with Crippen LogP contribution in [-0.2, 0) is 25.7 Å². The molecule has 9 nitrogen and oxygen atoms in total. The zero-order chi connectivity index (χ0) is 30.6. The van der Waals surface area contributed by atoms with Crippen LogP contribution in [0.5, 0.6) is 0 Å². The number of aryl methyl sites for hydroxylation is 1. The average molecular weight is 586 g/mol. The molecule has 232 valence electrons. The summed E-state index contributed by atoms with van der Waals surface area (Å²) in [5.74, 6) is 1.00. The quantitative estimate of drug-likeness (QED) is 0.441. The van der Waals surface area contributed by atoms with Crippen molar-refractivity contribution in [2.24, 2.45) is 57.5 Å². The highest BCUT2D eigenvalue weighted by Gasteiger charge is 2.64. The number of ketones is 1. The highest BCUT2D eigenvalue weighted by atomic mass is 16.6. The number of carboxylic acid groups (broad SMARTS) is 1. The van der Waals surface area contributed by atoms with E-state index in [9.17, 15) is 24.3 Å². The van der Waals surface area contributed by atoms with Crippen molar-refractivity contribution in [2.75, 3.05) is 0 Å². The predicted molar refractivity (Wildman–Crippen MR) is 154 cm³/mol. The number of carbonyl (C=O) groups excluding carboxylic acids is 2. The molecule has 0 aliphatic heterocycles. The van der Waals surface area contributed by atoms with Crippen LogP contribution in [0.3, 0.4) is 0 Å². The molecule has 0 bridgehead atoms. The molecule has 6 rings (SSSR count). The minimum absolute atomic E-state index is 0.00503. The van der Waals surface area contributed by atoms with E-state index in [2.05, 4.69) is 41.3 Å². The molecule has 9 heteroatoms. The van der Waals surface area contributed by atoms with E-state index in [-0.39, 0.29) is 58.9 Å². The molecule has 1 aromatic rings. The first-order valence-corrected chi connectivity index (χ1v) is 15.6. The maximum Gasteiger partial charge on any atom is 0.519 e. The summed E-state index contributed by atoms with van der Waals surface area (Å²) in [7, 11) is 0. The fourth-order valence-corrected chi connectivity index (χ4v) is 10.3. The van der Waals surface area contributed by atoms with E-state index in [1.807, 2.05) is 6.08 Å². The van der Waals surface area contributed by atoms with E-state index < -0.39 is 11.8 Å². The van der Waals surface area contributed by atoms with E-state index in [4.69, 9.17) is 5.73 Å². The number of hydrogen-bond donors (Lipinski definition) is 2. The lowest BCUT2D eigenvalue weighted by molar-refractivity contribution is -0.160. The molecule has 5 aliphatic rings. The Balaban J connectivity index is 0.000000271. The molecule has 0 saturated heterocycles. The summed E-state index contributed by atoms with van der Waals surface area (Å²) < 4.78 is 13.3. The molecule has 5 aliphatic carbocycles. The molecule has 42 heavy (non-hydrogen) atoms. The Morgan fingerprint density at radius 1 is 1.05 bits per heavy atom. The van der Waals surface area contributed by atoms with Gasteiger partial charge in [0.2, 0.25) is 0 Å². The monoisotopic (exact) mass is 585 g/mol. The summed E-state index contributed by atoms with van der Waals surface area (Å²) >= 11 is 0. The van der Waals surface area contributed by atoms with Gasteiger partial charge < -0.3 is 24.4 Å². The number of ether oxygens (including phenoxy) is 1. The Bertz CT molecular complexity index is 1310. The second-order valence-electron chi connectivity index (χ2n) is 14.6. The van der Waals surface area contributed by atoms with Crippen molar-refractivity contribution in [3.8, 4) is 0 Å². The lowest BCUT2D eigenvalue weighted by atomic mass is 9.38. The number of hydrogen-bond acceptors (Lipinski definition) is 8. The molecular weight excluding hydrogens is 538 g/mol. The van der Waals surface area contributed by atoms with Crippen LogP contribution < -0.4 is 11.6 Å². The molecular formula is C33H47NO8. The van der Waals surface area contributed by atoms with Crippen LogP contribution in [0.4, 0.5) is 0 Å². The molecule has 1 heterocycles. The first-order valence-electron chi connectivity index (χ1n) is 15.6. The molecule has 4 fully saturated rings. The largest absolute Gasteiger partial charge is 0.519 e. The third kappa shape index (κ3) is 4.99. The van der Waals surface area contributed by atoms with Gasteiger partial charge in [0.05, 0.1) is 5.92 Å². The van der Waals surface area contributed by atoms with Gasteiger partial charge in [0.1, 0.15) is 0 Å². The second kappa shape index (κ2) is 11.1. The van der Waals surface area contributed by atoms with Gasteiger partial charge in [-0.3, -0.25) is 14.4 Å². The van der Waals surface area contributed by atoms with Gasteiger partial charge in [-0.15, -0.1) is 0 Å². The van der Waals surface area contributed by atoms with Gasteiger partial charge in [-0.1, -0.05) is 33.3 Å². The molecule has 1 aromatic heterocycles. The van der Waals surface area contributed by atoms with Crippen molar-refractivity contribution in [3.05, 3.63) is 33.8 Å². The number of rotatable bonds is 4. The number of aliphatic carboxylic acids is 1. The SMILES string of the molecule is CC1C(N)CCC2(C)C1CCC1(C)C3CCC4(C)CCC(C(=O)O)CC4C3=CC(=O)C12.Cc1oc(=O)oc1COC=O. The number of fused-ring (bicyclic) bond motifs is 7. The molecule has 0 amide bonds. The van der Waals surface area contributed by atoms with Crippen molar-refractivity contribution >= 4 is 18.2 Å². The molecule has 0 radical (unpaired) electrons. The lowest BCUT2D eigenvalue weighted by Crippen LogP contribution is -2.62. The molecule has 0 spiro atoms. The molecule has 10 atom stereocenters. The van der Waals surface area contributed by atoms with Gasteiger partial charge in [0.25, 0.3) is 6.47 Å². The van der Waals surface area contributed by atoms with Crippen molar-refractivity contribution in [1.29, 1.82) is 0 Å². The summed E-state index contributed by atoms with van der Waals surface area (Å²) in [5, 5.41) is 9.71. The number of carboxylic acids is 1. The van der Waals surface area contributed by atoms with E-state index in [1.54, 1.807) is 6.92 Å². The summed E-state index contributed by atoms with van der Waals surface area (Å²) in [6, 6.07) is 0.262. The maximum absolute atomic E-state index is 13.9. The number of carbonyl (C=O) groups is 3. The lowest BCUT2D eigenvalue weighted by Gasteiger charge is -2.65. The van der Waals surface area contributed by atoms with E-state index >= 15 is 0 Å². The Morgan fingerprint density at radius 3 is 2.38 bits per heavy atom. The molecule has 0 aromatic carbocycles. The minimum Gasteiger partial charge on any atom is -0.481 e. The van der Waals surface area contributed by atoms with Gasteiger partial charge in [-0.25, -0.2) is 4.79 Å². The van der Waals surface area contributed by atoms with Crippen LogP contribution in [0, 0.1) is 58.7 Å². The predicted octanol–water partition coefficient (Wildman–Crippen LogP) is 5.42. The number of nitrogens with two attached hydrogens (primary N) is 1. The third-order valence-electron chi connectivity index (χ3n) is 12.6. The van der Waals surface area contributed by atoms with Crippen LogP contribution in [0.1, 0.15) is 97.0 Å². The van der Waals surface area contributed by atoms with Crippen molar-refractivity contribution in [3.63, 3.8) is 0 Å². The van der Waals surface area contributed by atoms with Crippen molar-refractivity contribution < 1.29 is 33.1 Å². The van der Waals surface area contributed by atoms with Crippen LogP contribution in [0.15, 0.2) is 25.3 Å². The molecule has 10 unspecified atom stereocenters. The van der Waals surface area contributed by atoms with Crippen molar-refractivity contribution in [1.82, 2.24) is 0 Å². The Hall–Kier alpha value is -2.68. The van der Waals surface area contributed by atoms with E-state index in [0.29, 0.717) is 35.7 Å². The first kappa shape index (κ1) is 30.8. The second-order valence-corrected chi connectivity index (χ2v) is 14.6. The van der Waals surface area contributed by atoms with Crippen LogP contribution in [0.25, 0.3) is 0 Å². The third-order valence-corrected chi connectivity index (χ3v) is 12.6. The Labute approximate surface area is 247 Å². The fraction of sp³-hybridized carbons (Fsp3) is 0.758. The maximum atomic E-state index is 13.9. The molecule has 3 N–H and O–H groups in total.